The van der Waals surface area contributed by atoms with Gasteiger partial charge in [0.25, 0.3) is 5.91 Å². The number of nitrogens with zero attached hydrogens (tertiary/aromatic N) is 3. The van der Waals surface area contributed by atoms with Crippen molar-refractivity contribution in [2.75, 3.05) is 32.8 Å². The van der Waals surface area contributed by atoms with Crippen molar-refractivity contribution in [3.63, 3.8) is 0 Å². The van der Waals surface area contributed by atoms with E-state index in [-0.39, 0.29) is 5.91 Å². The van der Waals surface area contributed by atoms with Gasteiger partial charge in [-0.15, -0.1) is 11.3 Å². The van der Waals surface area contributed by atoms with Gasteiger partial charge in [-0.2, -0.15) is 0 Å². The van der Waals surface area contributed by atoms with Crippen molar-refractivity contribution in [2.24, 2.45) is 0 Å². The summed E-state index contributed by atoms with van der Waals surface area (Å²) in [7, 11) is 0. The van der Waals surface area contributed by atoms with E-state index in [1.165, 1.54) is 11.3 Å². The maximum atomic E-state index is 13.0. The molecule has 2 aromatic rings. The number of ether oxygens (including phenoxy) is 1. The molecule has 0 atom stereocenters. The van der Waals surface area contributed by atoms with Crippen molar-refractivity contribution in [2.45, 2.75) is 33.7 Å². The predicted octanol–water partition coefficient (Wildman–Crippen LogP) is 3.68. The third-order valence-corrected chi connectivity index (χ3v) is 5.91. The fourth-order valence-electron chi connectivity index (χ4n) is 3.19. The Morgan fingerprint density at radius 1 is 1.27 bits per heavy atom. The molecule has 26 heavy (non-hydrogen) atoms. The number of hydrogen-bond donors (Lipinski definition) is 0. The number of thiazole rings is 1. The van der Waals surface area contributed by atoms with Crippen LogP contribution in [-0.2, 0) is 0 Å². The first-order valence-electron chi connectivity index (χ1n) is 9.23. The molecule has 6 heteroatoms. The molecule has 1 aliphatic heterocycles. The monoisotopic (exact) mass is 373 g/mol. The standard InChI is InChI=1S/C20H27N3O2S/c1-5-25-17-8-6-7-16(13-17)19-21-15(4)18(26-19)20(24)23-11-9-22(10-12-23)14(2)3/h6-8,13-14H,5,9-12H2,1-4H3. The van der Waals surface area contributed by atoms with Gasteiger partial charge in [0.15, 0.2) is 0 Å². The number of piperazine rings is 1. The van der Waals surface area contributed by atoms with Crippen LogP contribution in [0.3, 0.4) is 0 Å². The van der Waals surface area contributed by atoms with E-state index in [0.717, 1.165) is 53.1 Å². The molecule has 2 heterocycles. The van der Waals surface area contributed by atoms with E-state index >= 15 is 0 Å². The van der Waals surface area contributed by atoms with Crippen molar-refractivity contribution in [3.05, 3.63) is 34.8 Å². The van der Waals surface area contributed by atoms with Gasteiger partial charge in [0.1, 0.15) is 15.6 Å². The highest BCUT2D eigenvalue weighted by molar-refractivity contribution is 7.17. The van der Waals surface area contributed by atoms with Gasteiger partial charge >= 0.3 is 0 Å². The van der Waals surface area contributed by atoms with Crippen LogP contribution in [0.15, 0.2) is 24.3 Å². The summed E-state index contributed by atoms with van der Waals surface area (Å²) in [4.78, 5) is 22.7. The first-order valence-corrected chi connectivity index (χ1v) is 10.0. The number of carbonyl (C=O) groups is 1. The zero-order chi connectivity index (χ0) is 18.7. The van der Waals surface area contributed by atoms with Crippen molar-refractivity contribution < 1.29 is 9.53 Å². The zero-order valence-electron chi connectivity index (χ0n) is 16.0. The summed E-state index contributed by atoms with van der Waals surface area (Å²) in [6.45, 7) is 12.4. The fraction of sp³-hybridized carbons (Fsp3) is 0.500. The largest absolute Gasteiger partial charge is 0.494 e. The van der Waals surface area contributed by atoms with Gasteiger partial charge in [0, 0.05) is 37.8 Å². The van der Waals surface area contributed by atoms with Crippen LogP contribution >= 0.6 is 11.3 Å². The van der Waals surface area contributed by atoms with E-state index < -0.39 is 0 Å². The first kappa shape index (κ1) is 18.9. The summed E-state index contributed by atoms with van der Waals surface area (Å²) in [5, 5.41) is 0.869. The molecule has 0 saturated carbocycles. The van der Waals surface area contributed by atoms with E-state index in [1.54, 1.807) is 0 Å². The molecular formula is C20H27N3O2S. The lowest BCUT2D eigenvalue weighted by Gasteiger charge is -2.36. The predicted molar refractivity (Wildman–Crippen MR) is 106 cm³/mol. The molecule has 0 spiro atoms. The number of benzene rings is 1. The SMILES string of the molecule is CCOc1cccc(-c2nc(C)c(C(=O)N3CCN(C(C)C)CC3)s2)c1. The van der Waals surface area contributed by atoms with Crippen LogP contribution in [0, 0.1) is 6.92 Å². The normalized spacial score (nSPS) is 15.5. The molecule has 1 saturated heterocycles. The molecule has 0 aliphatic carbocycles. The lowest BCUT2D eigenvalue weighted by atomic mass is 10.2. The molecule has 1 amide bonds. The molecule has 0 radical (unpaired) electrons. The fourth-order valence-corrected chi connectivity index (χ4v) is 4.22. The second kappa shape index (κ2) is 8.18. The van der Waals surface area contributed by atoms with E-state index in [9.17, 15) is 4.79 Å². The molecule has 3 rings (SSSR count). The van der Waals surface area contributed by atoms with Gasteiger partial charge in [-0.05, 0) is 39.8 Å². The van der Waals surface area contributed by atoms with Gasteiger partial charge in [-0.1, -0.05) is 12.1 Å². The summed E-state index contributed by atoms with van der Waals surface area (Å²) in [6, 6.07) is 8.42. The van der Waals surface area contributed by atoms with Crippen LogP contribution in [0.4, 0.5) is 0 Å². The Labute approximate surface area is 159 Å². The second-order valence-corrected chi connectivity index (χ2v) is 7.82. The molecular weight excluding hydrogens is 346 g/mol. The van der Waals surface area contributed by atoms with Crippen LogP contribution in [-0.4, -0.2) is 59.5 Å². The average molecular weight is 374 g/mol. The highest BCUT2D eigenvalue weighted by Gasteiger charge is 2.26. The molecule has 1 fully saturated rings. The van der Waals surface area contributed by atoms with E-state index in [0.29, 0.717) is 12.6 Å². The Bertz CT molecular complexity index is 764. The van der Waals surface area contributed by atoms with E-state index in [2.05, 4.69) is 23.7 Å². The van der Waals surface area contributed by atoms with Crippen LogP contribution in [0.1, 0.15) is 36.1 Å². The third kappa shape index (κ3) is 4.07. The second-order valence-electron chi connectivity index (χ2n) is 6.82. The number of aromatic nitrogens is 1. The number of hydrogen-bond acceptors (Lipinski definition) is 5. The molecule has 5 nitrogen and oxygen atoms in total. The summed E-state index contributed by atoms with van der Waals surface area (Å²) in [6.07, 6.45) is 0. The quantitative estimate of drug-likeness (QED) is 0.802. The summed E-state index contributed by atoms with van der Waals surface area (Å²) >= 11 is 1.48. The van der Waals surface area contributed by atoms with Crippen LogP contribution in [0.2, 0.25) is 0 Å². The van der Waals surface area contributed by atoms with Crippen molar-refractivity contribution in [1.29, 1.82) is 0 Å². The number of carbonyl (C=O) groups excluding carboxylic acids is 1. The number of aryl methyl sites for hydroxylation is 1. The number of rotatable bonds is 5. The van der Waals surface area contributed by atoms with Gasteiger partial charge in [0.2, 0.25) is 0 Å². The number of amides is 1. The summed E-state index contributed by atoms with van der Waals surface area (Å²) in [5.41, 5.74) is 1.80. The molecule has 1 aromatic heterocycles. The highest BCUT2D eigenvalue weighted by Crippen LogP contribution is 2.31. The lowest BCUT2D eigenvalue weighted by Crippen LogP contribution is -2.50. The summed E-state index contributed by atoms with van der Waals surface area (Å²) in [5.74, 6) is 0.936. The van der Waals surface area contributed by atoms with Gasteiger partial charge in [-0.3, -0.25) is 9.69 Å². The lowest BCUT2D eigenvalue weighted by molar-refractivity contribution is 0.0599. The summed E-state index contributed by atoms with van der Waals surface area (Å²) < 4.78 is 5.57. The van der Waals surface area contributed by atoms with Crippen molar-refractivity contribution >= 4 is 17.2 Å². The maximum absolute atomic E-state index is 13.0. The van der Waals surface area contributed by atoms with Gasteiger partial charge in [-0.25, -0.2) is 4.98 Å². The molecule has 0 bridgehead atoms. The van der Waals surface area contributed by atoms with Crippen LogP contribution in [0.5, 0.6) is 5.75 Å². The van der Waals surface area contributed by atoms with Crippen LogP contribution in [0.25, 0.3) is 10.6 Å². The Hall–Kier alpha value is -1.92. The highest BCUT2D eigenvalue weighted by atomic mass is 32.1. The molecule has 140 valence electrons. The maximum Gasteiger partial charge on any atom is 0.265 e. The minimum atomic E-state index is 0.107. The Kier molecular flexibility index (Phi) is 5.94. The molecule has 0 N–H and O–H groups in total. The smallest absolute Gasteiger partial charge is 0.265 e. The minimum absolute atomic E-state index is 0.107. The van der Waals surface area contributed by atoms with Crippen LogP contribution < -0.4 is 4.74 Å². The molecule has 1 aromatic carbocycles. The van der Waals surface area contributed by atoms with Crippen molar-refractivity contribution in [3.8, 4) is 16.3 Å². The minimum Gasteiger partial charge on any atom is -0.494 e. The third-order valence-electron chi connectivity index (χ3n) is 4.71. The molecule has 0 unspecified atom stereocenters. The topological polar surface area (TPSA) is 45.7 Å². The first-order chi connectivity index (χ1) is 12.5. The van der Waals surface area contributed by atoms with Gasteiger partial charge in [0.05, 0.1) is 12.3 Å². The Morgan fingerprint density at radius 3 is 2.65 bits per heavy atom. The van der Waals surface area contributed by atoms with Crippen molar-refractivity contribution in [1.82, 2.24) is 14.8 Å². The Balaban J connectivity index is 1.76. The van der Waals surface area contributed by atoms with Gasteiger partial charge < -0.3 is 9.64 Å². The average Bonchev–Trinajstić information content (AvgIpc) is 3.03. The van der Waals surface area contributed by atoms with E-state index in [4.69, 9.17) is 4.74 Å². The Morgan fingerprint density at radius 2 is 2.00 bits per heavy atom. The van der Waals surface area contributed by atoms with E-state index in [1.807, 2.05) is 43.0 Å². The molecule has 1 aliphatic rings. The zero-order valence-corrected chi connectivity index (χ0v) is 16.8.